The number of carbonyl (C=O) groups is 1. The van der Waals surface area contributed by atoms with Crippen LogP contribution in [0.2, 0.25) is 5.02 Å². The minimum Gasteiger partial charge on any atom is -0.489 e. The lowest BCUT2D eigenvalue weighted by Gasteiger charge is -2.08. The number of benzene rings is 4. The second-order valence-corrected chi connectivity index (χ2v) is 8.14. The molecule has 0 unspecified atom stereocenters. The SMILES string of the molecule is O=C1OC(c2ccc(-c3ccccc3)cc2)=N/C1=C\c1cccc(OCc2ccccc2Cl)c1. The van der Waals surface area contributed by atoms with Crippen LogP contribution < -0.4 is 4.74 Å². The highest BCUT2D eigenvalue weighted by atomic mass is 35.5. The van der Waals surface area contributed by atoms with Crippen molar-refractivity contribution in [3.63, 3.8) is 0 Å². The summed E-state index contributed by atoms with van der Waals surface area (Å²) in [6.45, 7) is 0.350. The second-order valence-electron chi connectivity index (χ2n) is 7.73. The zero-order valence-electron chi connectivity index (χ0n) is 18.1. The molecule has 166 valence electrons. The van der Waals surface area contributed by atoms with E-state index in [4.69, 9.17) is 21.1 Å². The molecular formula is C29H20ClNO3. The lowest BCUT2D eigenvalue weighted by molar-refractivity contribution is -0.129. The Balaban J connectivity index is 1.32. The number of aliphatic imine (C=N–C) groups is 1. The Labute approximate surface area is 202 Å². The molecule has 0 bridgehead atoms. The lowest BCUT2D eigenvalue weighted by Crippen LogP contribution is -2.05. The fourth-order valence-electron chi connectivity index (χ4n) is 3.60. The molecule has 0 saturated heterocycles. The van der Waals surface area contributed by atoms with Crippen molar-refractivity contribution < 1.29 is 14.3 Å². The Kier molecular flexibility index (Phi) is 6.23. The minimum absolute atomic E-state index is 0.241. The van der Waals surface area contributed by atoms with Crippen molar-refractivity contribution in [1.29, 1.82) is 0 Å². The van der Waals surface area contributed by atoms with E-state index in [1.54, 1.807) is 6.08 Å². The summed E-state index contributed by atoms with van der Waals surface area (Å²) in [5, 5.41) is 0.660. The van der Waals surface area contributed by atoms with Crippen molar-refractivity contribution in [2.24, 2.45) is 4.99 Å². The van der Waals surface area contributed by atoms with Crippen LogP contribution in [0.25, 0.3) is 17.2 Å². The van der Waals surface area contributed by atoms with Gasteiger partial charge in [0.2, 0.25) is 5.90 Å². The number of hydrogen-bond donors (Lipinski definition) is 0. The van der Waals surface area contributed by atoms with E-state index in [0.29, 0.717) is 23.3 Å². The van der Waals surface area contributed by atoms with Crippen LogP contribution in [-0.2, 0) is 16.1 Å². The first-order chi connectivity index (χ1) is 16.7. The number of halogens is 1. The topological polar surface area (TPSA) is 47.9 Å². The zero-order chi connectivity index (χ0) is 23.3. The monoisotopic (exact) mass is 465 g/mol. The van der Waals surface area contributed by atoms with E-state index in [1.165, 1.54) is 0 Å². The van der Waals surface area contributed by atoms with Crippen LogP contribution in [0.5, 0.6) is 5.75 Å². The summed E-state index contributed by atoms with van der Waals surface area (Å²) >= 11 is 6.20. The van der Waals surface area contributed by atoms with E-state index in [0.717, 1.165) is 27.8 Å². The smallest absolute Gasteiger partial charge is 0.363 e. The molecular weight excluding hydrogens is 446 g/mol. The highest BCUT2D eigenvalue weighted by Crippen LogP contribution is 2.25. The van der Waals surface area contributed by atoms with Gasteiger partial charge in [-0.1, -0.05) is 84.4 Å². The van der Waals surface area contributed by atoms with E-state index in [1.807, 2.05) is 91.0 Å². The van der Waals surface area contributed by atoms with Gasteiger partial charge in [-0.3, -0.25) is 0 Å². The molecule has 0 atom stereocenters. The van der Waals surface area contributed by atoms with Crippen LogP contribution >= 0.6 is 11.6 Å². The van der Waals surface area contributed by atoms with Crippen molar-refractivity contribution in [3.05, 3.63) is 131 Å². The third kappa shape index (κ3) is 4.92. The molecule has 4 aromatic rings. The van der Waals surface area contributed by atoms with Gasteiger partial charge in [-0.2, -0.15) is 0 Å². The highest BCUT2D eigenvalue weighted by molar-refractivity contribution is 6.31. The van der Waals surface area contributed by atoms with Crippen LogP contribution in [0.1, 0.15) is 16.7 Å². The van der Waals surface area contributed by atoms with Gasteiger partial charge in [0.15, 0.2) is 5.70 Å². The number of ether oxygens (including phenoxy) is 2. The summed E-state index contributed by atoms with van der Waals surface area (Å²) in [6, 6.07) is 32.9. The summed E-state index contributed by atoms with van der Waals surface area (Å²) in [5.41, 5.74) is 4.88. The van der Waals surface area contributed by atoms with Crippen LogP contribution in [0.4, 0.5) is 0 Å². The van der Waals surface area contributed by atoms with Crippen LogP contribution in [-0.4, -0.2) is 11.9 Å². The van der Waals surface area contributed by atoms with Crippen molar-refractivity contribution in [2.45, 2.75) is 6.61 Å². The lowest BCUT2D eigenvalue weighted by atomic mass is 10.0. The summed E-state index contributed by atoms with van der Waals surface area (Å²) in [4.78, 5) is 16.9. The summed E-state index contributed by atoms with van der Waals surface area (Å²) in [5.74, 6) is 0.479. The van der Waals surface area contributed by atoms with Gasteiger partial charge in [0.1, 0.15) is 12.4 Å². The van der Waals surface area contributed by atoms with E-state index in [-0.39, 0.29) is 5.70 Å². The van der Waals surface area contributed by atoms with Gasteiger partial charge in [-0.25, -0.2) is 9.79 Å². The maximum Gasteiger partial charge on any atom is 0.363 e. The number of hydrogen-bond acceptors (Lipinski definition) is 4. The van der Waals surface area contributed by atoms with Gasteiger partial charge in [0.05, 0.1) is 0 Å². The summed E-state index contributed by atoms with van der Waals surface area (Å²) in [6.07, 6.45) is 1.69. The van der Waals surface area contributed by atoms with Crippen molar-refractivity contribution >= 4 is 29.5 Å². The van der Waals surface area contributed by atoms with Crippen LogP contribution in [0, 0.1) is 0 Å². The van der Waals surface area contributed by atoms with Crippen molar-refractivity contribution in [2.75, 3.05) is 0 Å². The molecule has 0 amide bonds. The maximum atomic E-state index is 12.4. The molecule has 0 saturated carbocycles. The van der Waals surface area contributed by atoms with Crippen LogP contribution in [0.15, 0.2) is 114 Å². The third-order valence-electron chi connectivity index (χ3n) is 5.37. The normalized spacial score (nSPS) is 14.1. The van der Waals surface area contributed by atoms with Crippen LogP contribution in [0.3, 0.4) is 0 Å². The van der Waals surface area contributed by atoms with Gasteiger partial charge < -0.3 is 9.47 Å². The molecule has 0 aliphatic carbocycles. The third-order valence-corrected chi connectivity index (χ3v) is 5.74. The molecule has 5 rings (SSSR count). The minimum atomic E-state index is -0.482. The Morgan fingerprint density at radius 3 is 2.29 bits per heavy atom. The molecule has 0 aromatic heterocycles. The second kappa shape index (κ2) is 9.77. The first-order valence-electron chi connectivity index (χ1n) is 10.8. The Morgan fingerprint density at radius 2 is 1.50 bits per heavy atom. The summed E-state index contributed by atoms with van der Waals surface area (Å²) in [7, 11) is 0. The molecule has 0 spiro atoms. The first kappa shape index (κ1) is 21.7. The first-order valence-corrected chi connectivity index (χ1v) is 11.2. The average Bonchev–Trinajstić information content (AvgIpc) is 3.24. The molecule has 4 aromatic carbocycles. The molecule has 0 fully saturated rings. The van der Waals surface area contributed by atoms with Gasteiger partial charge in [0.25, 0.3) is 0 Å². The van der Waals surface area contributed by atoms with Gasteiger partial charge in [-0.05, 0) is 53.1 Å². The van der Waals surface area contributed by atoms with Crippen molar-refractivity contribution in [1.82, 2.24) is 0 Å². The van der Waals surface area contributed by atoms with Gasteiger partial charge in [-0.15, -0.1) is 0 Å². The molecule has 0 radical (unpaired) electrons. The van der Waals surface area contributed by atoms with Crippen molar-refractivity contribution in [3.8, 4) is 16.9 Å². The van der Waals surface area contributed by atoms with E-state index < -0.39 is 5.97 Å². The van der Waals surface area contributed by atoms with E-state index in [2.05, 4.69) is 17.1 Å². The van der Waals surface area contributed by atoms with Gasteiger partial charge >= 0.3 is 5.97 Å². The number of carbonyl (C=O) groups excluding carboxylic acids is 1. The van der Waals surface area contributed by atoms with E-state index >= 15 is 0 Å². The van der Waals surface area contributed by atoms with Gasteiger partial charge in [0, 0.05) is 16.1 Å². The Bertz CT molecular complexity index is 1390. The number of esters is 1. The standard InChI is InChI=1S/C29H20ClNO3/c30-26-12-5-4-10-24(26)19-33-25-11-6-7-20(17-25)18-27-29(32)34-28(31-27)23-15-13-22(14-16-23)21-8-2-1-3-9-21/h1-18H,19H2/b27-18-. The number of cyclic esters (lactones) is 1. The predicted octanol–water partition coefficient (Wildman–Crippen LogP) is 6.93. The molecule has 5 heteroatoms. The summed E-state index contributed by atoms with van der Waals surface area (Å²) < 4.78 is 11.3. The molecule has 1 heterocycles. The molecule has 34 heavy (non-hydrogen) atoms. The number of rotatable bonds is 6. The van der Waals surface area contributed by atoms with E-state index in [9.17, 15) is 4.79 Å². The molecule has 1 aliphatic heterocycles. The largest absolute Gasteiger partial charge is 0.489 e. The molecule has 0 N–H and O–H groups in total. The molecule has 4 nitrogen and oxygen atoms in total. The average molecular weight is 466 g/mol. The molecule has 1 aliphatic rings. The quantitative estimate of drug-likeness (QED) is 0.229. The fourth-order valence-corrected chi connectivity index (χ4v) is 3.79. The predicted molar refractivity (Wildman–Crippen MR) is 135 cm³/mol. The maximum absolute atomic E-state index is 12.4. The zero-order valence-corrected chi connectivity index (χ0v) is 18.9. The Morgan fingerprint density at radius 1 is 0.794 bits per heavy atom. The highest BCUT2D eigenvalue weighted by Gasteiger charge is 2.24. The fraction of sp³-hybridized carbons (Fsp3) is 0.0345. The number of nitrogens with zero attached hydrogens (tertiary/aromatic N) is 1. The Hall–Kier alpha value is -4.15.